The van der Waals surface area contributed by atoms with Crippen molar-refractivity contribution in [3.05, 3.63) is 40.4 Å². The highest BCUT2D eigenvalue weighted by molar-refractivity contribution is 9.10. The lowest BCUT2D eigenvalue weighted by atomic mass is 9.69. The van der Waals surface area contributed by atoms with Crippen LogP contribution in [-0.2, 0) is 11.2 Å². The van der Waals surface area contributed by atoms with Gasteiger partial charge in [-0.25, -0.2) is 0 Å². The maximum absolute atomic E-state index is 5.49. The summed E-state index contributed by atoms with van der Waals surface area (Å²) in [4.78, 5) is 0. The molecule has 0 N–H and O–H groups in total. The van der Waals surface area contributed by atoms with E-state index in [9.17, 15) is 0 Å². The Kier molecular flexibility index (Phi) is 3.11. The maximum Gasteiger partial charge on any atom is 0.0572 e. The van der Waals surface area contributed by atoms with Crippen molar-refractivity contribution < 1.29 is 4.74 Å². The number of hydrogen-bond acceptors (Lipinski definition) is 1. The third-order valence-electron chi connectivity index (χ3n) is 4.79. The van der Waals surface area contributed by atoms with Crippen LogP contribution in [0, 0.1) is 5.41 Å². The zero-order chi connectivity index (χ0) is 12.8. The Bertz CT molecular complexity index is 484. The Morgan fingerprint density at radius 3 is 2.72 bits per heavy atom. The molecule has 1 aromatic carbocycles. The molecule has 0 heterocycles. The van der Waals surface area contributed by atoms with Crippen molar-refractivity contribution in [2.45, 2.75) is 38.2 Å². The number of rotatable bonds is 1. The Hall–Kier alpha value is -0.600. The van der Waals surface area contributed by atoms with Crippen LogP contribution in [0.5, 0.6) is 0 Å². The molecule has 2 aliphatic rings. The largest absolute Gasteiger partial charge is 0.381 e. The number of benzene rings is 1. The first-order valence-corrected chi connectivity index (χ1v) is 7.45. The molecule has 0 radical (unpaired) electrons. The summed E-state index contributed by atoms with van der Waals surface area (Å²) >= 11 is 3.56. The van der Waals surface area contributed by atoms with Crippen molar-refractivity contribution in [2.24, 2.45) is 5.41 Å². The lowest BCUT2D eigenvalue weighted by Crippen LogP contribution is -2.30. The van der Waals surface area contributed by atoms with Crippen LogP contribution in [-0.4, -0.2) is 13.2 Å². The molecule has 1 fully saturated rings. The smallest absolute Gasteiger partial charge is 0.0572 e. The van der Waals surface area contributed by atoms with Gasteiger partial charge < -0.3 is 4.74 Å². The number of fused-ring (bicyclic) bond motifs is 1. The number of methoxy groups -OCH3 is 1. The van der Waals surface area contributed by atoms with Crippen molar-refractivity contribution >= 4 is 21.5 Å². The van der Waals surface area contributed by atoms with Crippen molar-refractivity contribution in [1.29, 1.82) is 0 Å². The SMILES string of the molecule is C=C1c2cc(Br)ccc2C[C@]12CC[C@@H](OC)CC2. The Balaban J connectivity index is 1.88. The zero-order valence-electron chi connectivity index (χ0n) is 10.8. The van der Waals surface area contributed by atoms with Crippen LogP contribution in [0.25, 0.3) is 5.57 Å². The fraction of sp³-hybridized carbons (Fsp3) is 0.500. The van der Waals surface area contributed by atoms with Gasteiger partial charge in [0.15, 0.2) is 0 Å². The van der Waals surface area contributed by atoms with E-state index in [-0.39, 0.29) is 0 Å². The first-order valence-electron chi connectivity index (χ1n) is 6.66. The fourth-order valence-corrected chi connectivity index (χ4v) is 3.96. The molecule has 1 nitrogen and oxygen atoms in total. The van der Waals surface area contributed by atoms with E-state index in [2.05, 4.69) is 40.7 Å². The van der Waals surface area contributed by atoms with Crippen LogP contribution < -0.4 is 0 Å². The van der Waals surface area contributed by atoms with Crippen molar-refractivity contribution in [3.8, 4) is 0 Å². The minimum absolute atomic E-state index is 0.318. The van der Waals surface area contributed by atoms with Gasteiger partial charge in [-0.2, -0.15) is 0 Å². The quantitative estimate of drug-likeness (QED) is 0.737. The second kappa shape index (κ2) is 4.50. The van der Waals surface area contributed by atoms with Crippen LogP contribution in [0.4, 0.5) is 0 Å². The predicted molar refractivity (Wildman–Crippen MR) is 78.6 cm³/mol. The molecular formula is C16H19BrO. The molecule has 0 unspecified atom stereocenters. The second-order valence-corrected chi connectivity index (χ2v) is 6.59. The number of hydrogen-bond donors (Lipinski definition) is 0. The Labute approximate surface area is 117 Å². The molecule has 0 amide bonds. The highest BCUT2D eigenvalue weighted by atomic mass is 79.9. The Morgan fingerprint density at radius 1 is 1.33 bits per heavy atom. The molecule has 2 aliphatic carbocycles. The van der Waals surface area contributed by atoms with Crippen LogP contribution in [0.1, 0.15) is 36.8 Å². The first kappa shape index (κ1) is 12.4. The zero-order valence-corrected chi connectivity index (χ0v) is 12.4. The van der Waals surface area contributed by atoms with Gasteiger partial charge in [0.2, 0.25) is 0 Å². The van der Waals surface area contributed by atoms with E-state index >= 15 is 0 Å². The van der Waals surface area contributed by atoms with E-state index in [0.29, 0.717) is 11.5 Å². The minimum atomic E-state index is 0.318. The Morgan fingerprint density at radius 2 is 2.06 bits per heavy atom. The minimum Gasteiger partial charge on any atom is -0.381 e. The first-order chi connectivity index (χ1) is 8.64. The number of allylic oxidation sites excluding steroid dienone is 1. The molecule has 0 atom stereocenters. The molecule has 0 bridgehead atoms. The van der Waals surface area contributed by atoms with Gasteiger partial charge in [0, 0.05) is 11.6 Å². The van der Waals surface area contributed by atoms with E-state index in [0.717, 1.165) is 4.47 Å². The molecule has 0 aromatic heterocycles. The van der Waals surface area contributed by atoms with Gasteiger partial charge in [0.1, 0.15) is 0 Å². The highest BCUT2D eigenvalue weighted by Crippen LogP contribution is 2.54. The van der Waals surface area contributed by atoms with Gasteiger partial charge in [0.25, 0.3) is 0 Å². The predicted octanol–water partition coefficient (Wildman–Crippen LogP) is 4.59. The molecule has 0 aliphatic heterocycles. The summed E-state index contributed by atoms with van der Waals surface area (Å²) in [5.74, 6) is 0. The van der Waals surface area contributed by atoms with E-state index in [1.54, 1.807) is 0 Å². The molecule has 1 saturated carbocycles. The number of halogens is 1. The lowest BCUT2D eigenvalue weighted by Gasteiger charge is -2.37. The van der Waals surface area contributed by atoms with Gasteiger partial charge in [-0.1, -0.05) is 28.6 Å². The monoisotopic (exact) mass is 306 g/mol. The molecule has 2 heteroatoms. The molecule has 18 heavy (non-hydrogen) atoms. The molecule has 3 rings (SSSR count). The van der Waals surface area contributed by atoms with Crippen LogP contribution in [0.15, 0.2) is 29.3 Å². The van der Waals surface area contributed by atoms with Crippen molar-refractivity contribution in [1.82, 2.24) is 0 Å². The van der Waals surface area contributed by atoms with Gasteiger partial charge >= 0.3 is 0 Å². The summed E-state index contributed by atoms with van der Waals surface area (Å²) in [6, 6.07) is 6.63. The summed E-state index contributed by atoms with van der Waals surface area (Å²) in [5.41, 5.74) is 4.52. The normalized spacial score (nSPS) is 30.8. The summed E-state index contributed by atoms with van der Waals surface area (Å²) in [7, 11) is 1.83. The molecule has 96 valence electrons. The third-order valence-corrected chi connectivity index (χ3v) is 5.28. The second-order valence-electron chi connectivity index (χ2n) is 5.67. The van der Waals surface area contributed by atoms with Gasteiger partial charge in [-0.3, -0.25) is 0 Å². The lowest BCUT2D eigenvalue weighted by molar-refractivity contribution is 0.0448. The summed E-state index contributed by atoms with van der Waals surface area (Å²) in [6.45, 7) is 4.40. The highest BCUT2D eigenvalue weighted by Gasteiger charge is 2.43. The van der Waals surface area contributed by atoms with E-state index in [4.69, 9.17) is 4.74 Å². The van der Waals surface area contributed by atoms with Crippen LogP contribution in [0.2, 0.25) is 0 Å². The standard InChI is InChI=1S/C16H19BrO/c1-11-15-9-13(17)4-3-12(15)10-16(11)7-5-14(18-2)6-8-16/h3-4,9,14H,1,5-8,10H2,2H3/t14-,16-. The topological polar surface area (TPSA) is 9.23 Å². The molecular weight excluding hydrogens is 288 g/mol. The average Bonchev–Trinajstić information content (AvgIpc) is 2.65. The summed E-state index contributed by atoms with van der Waals surface area (Å²) < 4.78 is 6.65. The van der Waals surface area contributed by atoms with Gasteiger partial charge in [-0.15, -0.1) is 0 Å². The summed E-state index contributed by atoms with van der Waals surface area (Å²) in [6.07, 6.45) is 6.41. The molecule has 1 aromatic rings. The summed E-state index contributed by atoms with van der Waals surface area (Å²) in [5, 5.41) is 0. The maximum atomic E-state index is 5.49. The average molecular weight is 307 g/mol. The van der Waals surface area contributed by atoms with Crippen molar-refractivity contribution in [3.63, 3.8) is 0 Å². The van der Waals surface area contributed by atoms with Crippen LogP contribution >= 0.6 is 15.9 Å². The molecule has 1 spiro atoms. The van der Waals surface area contributed by atoms with Gasteiger partial charge in [-0.05, 0) is 66.4 Å². The fourth-order valence-electron chi connectivity index (χ4n) is 3.60. The van der Waals surface area contributed by atoms with E-state index < -0.39 is 0 Å². The molecule has 0 saturated heterocycles. The van der Waals surface area contributed by atoms with Crippen molar-refractivity contribution in [2.75, 3.05) is 7.11 Å². The van der Waals surface area contributed by atoms with Crippen LogP contribution in [0.3, 0.4) is 0 Å². The number of ether oxygens (including phenoxy) is 1. The van der Waals surface area contributed by atoms with E-state index in [1.807, 2.05) is 7.11 Å². The van der Waals surface area contributed by atoms with Gasteiger partial charge in [0.05, 0.1) is 6.10 Å². The third kappa shape index (κ3) is 1.86. The van der Waals surface area contributed by atoms with E-state index in [1.165, 1.54) is 48.8 Å².